The number of ether oxygens (including phenoxy) is 1. The first kappa shape index (κ1) is 10.4. The van der Waals surface area contributed by atoms with Gasteiger partial charge in [0, 0.05) is 24.0 Å². The van der Waals surface area contributed by atoms with Gasteiger partial charge in [-0.05, 0) is 12.1 Å². The number of nitrogens with two attached hydrogens (primary N) is 1. The molecule has 90 valence electrons. The molecule has 18 heavy (non-hydrogen) atoms. The molecule has 0 saturated heterocycles. The van der Waals surface area contributed by atoms with Gasteiger partial charge in [-0.3, -0.25) is 4.98 Å². The highest BCUT2D eigenvalue weighted by atomic mass is 16.5. The number of aromatic amines is 2. The normalized spacial score (nSPS) is 10.7. The number of benzene rings is 1. The molecule has 0 atom stereocenters. The fraction of sp³-hybridized carbons (Fsp3) is 0. The lowest BCUT2D eigenvalue weighted by Gasteiger charge is -2.06. The Morgan fingerprint density at radius 2 is 2.11 bits per heavy atom. The Morgan fingerprint density at radius 3 is 2.94 bits per heavy atom. The van der Waals surface area contributed by atoms with Crippen molar-refractivity contribution in [3.05, 3.63) is 47.0 Å². The van der Waals surface area contributed by atoms with Crippen LogP contribution in [0.4, 0.5) is 5.69 Å². The van der Waals surface area contributed by atoms with Crippen molar-refractivity contribution in [3.8, 4) is 11.5 Å². The molecule has 0 aliphatic carbocycles. The number of hydrogen-bond acceptors (Lipinski definition) is 4. The van der Waals surface area contributed by atoms with E-state index in [0.29, 0.717) is 28.4 Å². The van der Waals surface area contributed by atoms with Gasteiger partial charge in [-0.25, -0.2) is 9.78 Å². The molecule has 4 N–H and O–H groups in total. The first-order valence-corrected chi connectivity index (χ1v) is 5.33. The Hall–Kier alpha value is -2.76. The number of pyridine rings is 1. The molecule has 2 aromatic heterocycles. The molecule has 0 amide bonds. The SMILES string of the molecule is Nc1cccc(Oc2ccnc3[nH]c(=O)[nH]c23)c1. The first-order valence-electron chi connectivity index (χ1n) is 5.33. The number of nitrogens with zero attached hydrogens (tertiary/aromatic N) is 1. The summed E-state index contributed by atoms with van der Waals surface area (Å²) in [7, 11) is 0. The lowest BCUT2D eigenvalue weighted by molar-refractivity contribution is 0.487. The van der Waals surface area contributed by atoms with Gasteiger partial charge >= 0.3 is 5.69 Å². The highest BCUT2D eigenvalue weighted by Crippen LogP contribution is 2.26. The van der Waals surface area contributed by atoms with Crippen LogP contribution in [0.25, 0.3) is 11.2 Å². The third kappa shape index (κ3) is 1.80. The van der Waals surface area contributed by atoms with Gasteiger partial charge in [0.1, 0.15) is 11.3 Å². The van der Waals surface area contributed by atoms with Crippen LogP contribution in [0.15, 0.2) is 41.3 Å². The number of fused-ring (bicyclic) bond motifs is 1. The maximum absolute atomic E-state index is 11.2. The summed E-state index contributed by atoms with van der Waals surface area (Å²) >= 11 is 0. The van der Waals surface area contributed by atoms with Crippen molar-refractivity contribution < 1.29 is 4.74 Å². The van der Waals surface area contributed by atoms with E-state index in [1.165, 1.54) is 0 Å². The van der Waals surface area contributed by atoms with Crippen molar-refractivity contribution in [1.29, 1.82) is 0 Å². The number of H-pyrrole nitrogens is 2. The molecule has 0 unspecified atom stereocenters. The van der Waals surface area contributed by atoms with E-state index in [4.69, 9.17) is 10.5 Å². The van der Waals surface area contributed by atoms with Crippen molar-refractivity contribution in [2.75, 3.05) is 5.73 Å². The fourth-order valence-electron chi connectivity index (χ4n) is 1.70. The Labute approximate surface area is 101 Å². The Balaban J connectivity index is 2.07. The van der Waals surface area contributed by atoms with Crippen LogP contribution in [0.2, 0.25) is 0 Å². The van der Waals surface area contributed by atoms with Gasteiger partial charge < -0.3 is 15.5 Å². The molecule has 0 bridgehead atoms. The van der Waals surface area contributed by atoms with Crippen molar-refractivity contribution in [3.63, 3.8) is 0 Å². The summed E-state index contributed by atoms with van der Waals surface area (Å²) in [5.74, 6) is 1.12. The molecule has 6 nitrogen and oxygen atoms in total. The monoisotopic (exact) mass is 242 g/mol. The second-order valence-electron chi connectivity index (χ2n) is 3.79. The molecule has 1 aromatic carbocycles. The summed E-state index contributed by atoms with van der Waals surface area (Å²) in [6.07, 6.45) is 1.56. The van der Waals surface area contributed by atoms with Gasteiger partial charge in [-0.1, -0.05) is 6.07 Å². The van der Waals surface area contributed by atoms with Crippen LogP contribution in [0.3, 0.4) is 0 Å². The summed E-state index contributed by atoms with van der Waals surface area (Å²) in [6.45, 7) is 0. The first-order chi connectivity index (χ1) is 8.72. The third-order valence-electron chi connectivity index (χ3n) is 2.47. The maximum atomic E-state index is 11.2. The summed E-state index contributed by atoms with van der Waals surface area (Å²) < 4.78 is 5.68. The van der Waals surface area contributed by atoms with Crippen LogP contribution in [-0.4, -0.2) is 15.0 Å². The average Bonchev–Trinajstić information content (AvgIpc) is 2.71. The molecule has 0 fully saturated rings. The highest BCUT2D eigenvalue weighted by Gasteiger charge is 2.07. The van der Waals surface area contributed by atoms with E-state index < -0.39 is 0 Å². The molecule has 0 radical (unpaired) electrons. The summed E-state index contributed by atoms with van der Waals surface area (Å²) in [5.41, 5.74) is 6.96. The molecule has 6 heteroatoms. The van der Waals surface area contributed by atoms with Gasteiger partial charge in [0.15, 0.2) is 11.4 Å². The fourth-order valence-corrected chi connectivity index (χ4v) is 1.70. The minimum absolute atomic E-state index is 0.318. The number of hydrogen-bond donors (Lipinski definition) is 3. The average molecular weight is 242 g/mol. The zero-order valence-electron chi connectivity index (χ0n) is 9.31. The number of nitrogen functional groups attached to an aromatic ring is 1. The molecule has 3 rings (SSSR count). The second-order valence-corrected chi connectivity index (χ2v) is 3.79. The molecule has 0 saturated carbocycles. The molecule has 0 aliphatic heterocycles. The van der Waals surface area contributed by atoms with Crippen LogP contribution < -0.4 is 16.2 Å². The van der Waals surface area contributed by atoms with Crippen LogP contribution in [0.5, 0.6) is 11.5 Å². The van der Waals surface area contributed by atoms with Crippen LogP contribution in [-0.2, 0) is 0 Å². The molecule has 0 spiro atoms. The number of imidazole rings is 1. The smallest absolute Gasteiger partial charge is 0.325 e. The highest BCUT2D eigenvalue weighted by molar-refractivity contribution is 5.77. The summed E-state index contributed by atoms with van der Waals surface area (Å²) in [4.78, 5) is 20.5. The minimum Gasteiger partial charge on any atom is -0.455 e. The van der Waals surface area contributed by atoms with Crippen LogP contribution in [0, 0.1) is 0 Å². The van der Waals surface area contributed by atoms with E-state index in [1.54, 1.807) is 36.5 Å². The second kappa shape index (κ2) is 3.92. The quantitative estimate of drug-likeness (QED) is 0.595. The van der Waals surface area contributed by atoms with Crippen molar-refractivity contribution in [1.82, 2.24) is 15.0 Å². The number of aromatic nitrogens is 3. The lowest BCUT2D eigenvalue weighted by Crippen LogP contribution is -1.99. The van der Waals surface area contributed by atoms with Crippen LogP contribution in [0.1, 0.15) is 0 Å². The van der Waals surface area contributed by atoms with Crippen molar-refractivity contribution >= 4 is 16.9 Å². The van der Waals surface area contributed by atoms with E-state index in [2.05, 4.69) is 15.0 Å². The zero-order chi connectivity index (χ0) is 12.5. The third-order valence-corrected chi connectivity index (χ3v) is 2.47. The summed E-state index contributed by atoms with van der Waals surface area (Å²) in [5, 5.41) is 0. The Bertz CT molecular complexity index is 760. The summed E-state index contributed by atoms with van der Waals surface area (Å²) in [6, 6.07) is 8.73. The van der Waals surface area contributed by atoms with Crippen molar-refractivity contribution in [2.45, 2.75) is 0 Å². The van der Waals surface area contributed by atoms with E-state index >= 15 is 0 Å². The van der Waals surface area contributed by atoms with Crippen LogP contribution >= 0.6 is 0 Å². The van der Waals surface area contributed by atoms with E-state index in [9.17, 15) is 4.79 Å². The van der Waals surface area contributed by atoms with Gasteiger partial charge in [-0.2, -0.15) is 0 Å². The lowest BCUT2D eigenvalue weighted by atomic mass is 10.3. The van der Waals surface area contributed by atoms with Gasteiger partial charge in [-0.15, -0.1) is 0 Å². The zero-order valence-corrected chi connectivity index (χ0v) is 9.31. The molecule has 0 aliphatic rings. The number of anilines is 1. The topological polar surface area (TPSA) is 96.8 Å². The van der Waals surface area contributed by atoms with Gasteiger partial charge in [0.25, 0.3) is 0 Å². The Morgan fingerprint density at radius 1 is 1.22 bits per heavy atom. The van der Waals surface area contributed by atoms with Gasteiger partial charge in [0.2, 0.25) is 0 Å². The minimum atomic E-state index is -0.318. The van der Waals surface area contributed by atoms with E-state index in [1.807, 2.05) is 0 Å². The van der Waals surface area contributed by atoms with Crippen molar-refractivity contribution in [2.24, 2.45) is 0 Å². The number of nitrogens with one attached hydrogen (secondary N) is 2. The molecular formula is C12H10N4O2. The van der Waals surface area contributed by atoms with E-state index in [-0.39, 0.29) is 5.69 Å². The van der Waals surface area contributed by atoms with E-state index in [0.717, 1.165) is 0 Å². The Kier molecular flexibility index (Phi) is 2.26. The molecular weight excluding hydrogens is 232 g/mol. The molecule has 3 aromatic rings. The predicted molar refractivity (Wildman–Crippen MR) is 67.6 cm³/mol. The molecule has 2 heterocycles. The predicted octanol–water partition coefficient (Wildman–Crippen LogP) is 1.63. The number of rotatable bonds is 2. The largest absolute Gasteiger partial charge is 0.455 e. The van der Waals surface area contributed by atoms with Gasteiger partial charge in [0.05, 0.1) is 0 Å². The maximum Gasteiger partial charge on any atom is 0.325 e. The standard InChI is InChI=1S/C12H10N4O2/c13-7-2-1-3-8(6-7)18-9-4-5-14-11-10(9)15-12(17)16-11/h1-6H,13H2,(H2,14,15,16,17).